The summed E-state index contributed by atoms with van der Waals surface area (Å²) >= 11 is 0. The summed E-state index contributed by atoms with van der Waals surface area (Å²) < 4.78 is 59.0. The Bertz CT molecular complexity index is 821. The van der Waals surface area contributed by atoms with Crippen LogP contribution in [0.1, 0.15) is 29.8 Å². The van der Waals surface area contributed by atoms with Gasteiger partial charge in [-0.3, -0.25) is 4.79 Å². The van der Waals surface area contributed by atoms with Crippen LogP contribution in [0.4, 0.5) is 17.6 Å². The first-order chi connectivity index (χ1) is 12.7. The minimum atomic E-state index is -4.59. The van der Waals surface area contributed by atoms with Gasteiger partial charge in [0, 0.05) is 12.1 Å². The first kappa shape index (κ1) is 20.7. The van der Waals surface area contributed by atoms with Gasteiger partial charge in [0.25, 0.3) is 5.91 Å². The highest BCUT2D eigenvalue weighted by Crippen LogP contribution is 2.38. The average molecular weight is 385 g/mol. The van der Waals surface area contributed by atoms with Crippen LogP contribution in [0.3, 0.4) is 0 Å². The Kier molecular flexibility index (Phi) is 6.43. The van der Waals surface area contributed by atoms with Crippen molar-refractivity contribution in [3.63, 3.8) is 0 Å². The molecule has 27 heavy (non-hydrogen) atoms. The molecule has 2 aromatic rings. The Morgan fingerprint density at radius 3 is 2.48 bits per heavy atom. The van der Waals surface area contributed by atoms with E-state index >= 15 is 0 Å². The number of rotatable bonds is 6. The summed E-state index contributed by atoms with van der Waals surface area (Å²) in [5.74, 6) is -1.41. The molecular formula is C19H19F4NO3. The number of hydrogen-bond donors (Lipinski definition) is 2. The molecular weight excluding hydrogens is 366 g/mol. The minimum absolute atomic E-state index is 0.00600. The lowest BCUT2D eigenvalue weighted by Gasteiger charge is -2.18. The zero-order chi connectivity index (χ0) is 20.2. The van der Waals surface area contributed by atoms with Crippen molar-refractivity contribution in [1.82, 2.24) is 5.32 Å². The summed E-state index contributed by atoms with van der Waals surface area (Å²) in [4.78, 5) is 11.8. The molecule has 1 unspecified atom stereocenters. The van der Waals surface area contributed by atoms with E-state index in [-0.39, 0.29) is 29.0 Å². The molecule has 0 aromatic heterocycles. The molecule has 0 spiro atoms. The van der Waals surface area contributed by atoms with E-state index < -0.39 is 29.6 Å². The zero-order valence-electron chi connectivity index (χ0n) is 14.7. The molecule has 0 aliphatic rings. The Morgan fingerprint density at radius 1 is 1.22 bits per heavy atom. The second-order valence-corrected chi connectivity index (χ2v) is 5.87. The van der Waals surface area contributed by atoms with Crippen molar-refractivity contribution in [2.45, 2.75) is 26.1 Å². The van der Waals surface area contributed by atoms with Crippen LogP contribution in [0.25, 0.3) is 11.1 Å². The summed E-state index contributed by atoms with van der Waals surface area (Å²) in [5.41, 5.74) is -1.01. The maximum atomic E-state index is 14.3. The highest BCUT2D eigenvalue weighted by atomic mass is 19.4. The number of alkyl halides is 3. The second-order valence-electron chi connectivity index (χ2n) is 5.87. The molecule has 2 aromatic carbocycles. The van der Waals surface area contributed by atoms with Gasteiger partial charge >= 0.3 is 6.18 Å². The van der Waals surface area contributed by atoms with Gasteiger partial charge in [-0.1, -0.05) is 6.07 Å². The number of aliphatic hydroxyl groups is 1. The second kappa shape index (κ2) is 8.39. The molecule has 146 valence electrons. The standard InChI is InChI=1S/C19H19F4NO3/c1-3-24-18(26)14-6-4-12(8-16(14)20)15-9-13(19(21,22)23)5-7-17(15)27-11(2)10-25/h4-9,11,25H,3,10H2,1-2H3,(H,24,26). The first-order valence-electron chi connectivity index (χ1n) is 8.24. The molecule has 1 atom stereocenters. The fourth-order valence-corrected chi connectivity index (χ4v) is 2.41. The molecule has 0 saturated heterocycles. The summed E-state index contributed by atoms with van der Waals surface area (Å²) in [6.07, 6.45) is -5.25. The van der Waals surface area contributed by atoms with Gasteiger partial charge in [-0.2, -0.15) is 13.2 Å². The van der Waals surface area contributed by atoms with Crippen molar-refractivity contribution >= 4 is 5.91 Å². The Labute approximate surface area is 153 Å². The molecule has 4 nitrogen and oxygen atoms in total. The summed E-state index contributed by atoms with van der Waals surface area (Å²) in [6.45, 7) is 3.19. The molecule has 8 heteroatoms. The lowest BCUT2D eigenvalue weighted by Crippen LogP contribution is -2.23. The van der Waals surface area contributed by atoms with Crippen molar-refractivity contribution in [3.8, 4) is 16.9 Å². The lowest BCUT2D eigenvalue weighted by atomic mass is 9.99. The molecule has 1 amide bonds. The largest absolute Gasteiger partial charge is 0.488 e. The number of nitrogens with one attached hydrogen (secondary N) is 1. The van der Waals surface area contributed by atoms with E-state index in [1.54, 1.807) is 13.8 Å². The smallest absolute Gasteiger partial charge is 0.416 e. The van der Waals surface area contributed by atoms with Crippen LogP contribution in [0.5, 0.6) is 5.75 Å². The van der Waals surface area contributed by atoms with Gasteiger partial charge in [0.2, 0.25) is 0 Å². The fraction of sp³-hybridized carbons (Fsp3) is 0.316. The van der Waals surface area contributed by atoms with E-state index in [0.717, 1.165) is 24.3 Å². The molecule has 2 N–H and O–H groups in total. The number of ether oxygens (including phenoxy) is 1. The van der Waals surface area contributed by atoms with Crippen LogP contribution in [0.15, 0.2) is 36.4 Å². The first-order valence-corrected chi connectivity index (χ1v) is 8.24. The van der Waals surface area contributed by atoms with Crippen molar-refractivity contribution in [1.29, 1.82) is 0 Å². The third-order valence-electron chi connectivity index (χ3n) is 3.75. The molecule has 0 radical (unpaired) electrons. The number of benzene rings is 2. The van der Waals surface area contributed by atoms with Crippen LogP contribution >= 0.6 is 0 Å². The molecule has 0 saturated carbocycles. The number of halogens is 4. The third kappa shape index (κ3) is 4.97. The highest BCUT2D eigenvalue weighted by molar-refractivity contribution is 5.95. The van der Waals surface area contributed by atoms with E-state index in [4.69, 9.17) is 9.84 Å². The summed E-state index contributed by atoms with van der Waals surface area (Å²) in [5, 5.41) is 11.6. The summed E-state index contributed by atoms with van der Waals surface area (Å²) in [6, 6.07) is 6.35. The van der Waals surface area contributed by atoms with Crippen LogP contribution in [0, 0.1) is 5.82 Å². The Morgan fingerprint density at radius 2 is 1.93 bits per heavy atom. The molecule has 0 aliphatic carbocycles. The van der Waals surface area contributed by atoms with Gasteiger partial charge in [-0.15, -0.1) is 0 Å². The summed E-state index contributed by atoms with van der Waals surface area (Å²) in [7, 11) is 0. The fourth-order valence-electron chi connectivity index (χ4n) is 2.41. The Hall–Kier alpha value is -2.61. The van der Waals surface area contributed by atoms with Gasteiger partial charge < -0.3 is 15.2 Å². The molecule has 0 bridgehead atoms. The van der Waals surface area contributed by atoms with Crippen LogP contribution < -0.4 is 10.1 Å². The number of amides is 1. The average Bonchev–Trinajstić information content (AvgIpc) is 2.61. The van der Waals surface area contributed by atoms with Gasteiger partial charge in [-0.25, -0.2) is 4.39 Å². The number of aliphatic hydroxyl groups excluding tert-OH is 1. The Balaban J connectivity index is 2.53. The number of hydrogen-bond acceptors (Lipinski definition) is 3. The minimum Gasteiger partial charge on any atom is -0.488 e. The molecule has 0 heterocycles. The molecule has 0 aliphatic heterocycles. The monoisotopic (exact) mass is 385 g/mol. The zero-order valence-corrected chi connectivity index (χ0v) is 14.7. The van der Waals surface area contributed by atoms with E-state index in [2.05, 4.69) is 5.32 Å². The van der Waals surface area contributed by atoms with Crippen LogP contribution in [-0.4, -0.2) is 30.3 Å². The maximum absolute atomic E-state index is 14.3. The SMILES string of the molecule is CCNC(=O)c1ccc(-c2cc(C(F)(F)F)ccc2OC(C)CO)cc1F. The highest BCUT2D eigenvalue weighted by Gasteiger charge is 2.31. The van der Waals surface area contributed by atoms with Gasteiger partial charge in [0.05, 0.1) is 17.7 Å². The van der Waals surface area contributed by atoms with Gasteiger partial charge in [0.1, 0.15) is 17.7 Å². The third-order valence-corrected chi connectivity index (χ3v) is 3.75. The van der Waals surface area contributed by atoms with E-state index in [0.29, 0.717) is 6.54 Å². The van der Waals surface area contributed by atoms with Crippen LogP contribution in [0.2, 0.25) is 0 Å². The van der Waals surface area contributed by atoms with Gasteiger partial charge in [0.15, 0.2) is 0 Å². The number of carbonyl (C=O) groups excluding carboxylic acids is 1. The van der Waals surface area contributed by atoms with Crippen molar-refractivity contribution < 1.29 is 32.2 Å². The van der Waals surface area contributed by atoms with Crippen molar-refractivity contribution in [2.24, 2.45) is 0 Å². The van der Waals surface area contributed by atoms with Crippen molar-refractivity contribution in [2.75, 3.05) is 13.2 Å². The normalized spacial score (nSPS) is 12.6. The molecule has 0 fully saturated rings. The predicted molar refractivity (Wildman–Crippen MR) is 92.0 cm³/mol. The number of carbonyl (C=O) groups is 1. The van der Waals surface area contributed by atoms with E-state index in [1.807, 2.05) is 0 Å². The van der Waals surface area contributed by atoms with Crippen LogP contribution in [-0.2, 0) is 6.18 Å². The maximum Gasteiger partial charge on any atom is 0.416 e. The lowest BCUT2D eigenvalue weighted by molar-refractivity contribution is -0.137. The van der Waals surface area contributed by atoms with E-state index in [1.165, 1.54) is 12.1 Å². The van der Waals surface area contributed by atoms with Gasteiger partial charge in [-0.05, 0) is 49.7 Å². The predicted octanol–water partition coefficient (Wildman–Crippen LogP) is 4.02. The topological polar surface area (TPSA) is 58.6 Å². The van der Waals surface area contributed by atoms with E-state index in [9.17, 15) is 22.4 Å². The van der Waals surface area contributed by atoms with Crippen molar-refractivity contribution in [3.05, 3.63) is 53.3 Å². The quantitative estimate of drug-likeness (QED) is 0.739. The molecule has 2 rings (SSSR count).